The van der Waals surface area contributed by atoms with E-state index in [0.717, 1.165) is 39.2 Å². The van der Waals surface area contributed by atoms with Crippen molar-refractivity contribution >= 4 is 16.7 Å². The number of hydrogen-bond donors (Lipinski definition) is 2. The van der Waals surface area contributed by atoms with E-state index in [1.54, 1.807) is 7.11 Å². The van der Waals surface area contributed by atoms with Gasteiger partial charge in [0.15, 0.2) is 0 Å². The Bertz CT molecular complexity index is 798. The van der Waals surface area contributed by atoms with E-state index in [9.17, 15) is 0 Å². The second kappa shape index (κ2) is 4.30. The lowest BCUT2D eigenvalue weighted by Crippen LogP contribution is -1.94. The molecule has 0 aliphatic rings. The van der Waals surface area contributed by atoms with Crippen LogP contribution in [0.5, 0.6) is 5.75 Å². The van der Waals surface area contributed by atoms with E-state index in [1.165, 1.54) is 0 Å². The van der Waals surface area contributed by atoms with Crippen molar-refractivity contribution in [2.45, 2.75) is 13.8 Å². The summed E-state index contributed by atoms with van der Waals surface area (Å²) in [7, 11) is 3.74. The number of ether oxygens (including phenoxy) is 1. The summed E-state index contributed by atoms with van der Waals surface area (Å²) in [6, 6.07) is 6.07. The minimum atomic E-state index is 0.496. The van der Waals surface area contributed by atoms with Crippen LogP contribution in [-0.2, 0) is 7.05 Å². The summed E-state index contributed by atoms with van der Waals surface area (Å²) in [5.74, 6) is 1.38. The fourth-order valence-corrected chi connectivity index (χ4v) is 2.77. The maximum absolute atomic E-state index is 5.73. The summed E-state index contributed by atoms with van der Waals surface area (Å²) in [5, 5.41) is 8.17. The molecule has 5 heteroatoms. The van der Waals surface area contributed by atoms with Crippen LogP contribution >= 0.6 is 0 Å². The van der Waals surface area contributed by atoms with E-state index in [-0.39, 0.29) is 0 Å². The van der Waals surface area contributed by atoms with Crippen LogP contribution in [0.15, 0.2) is 18.2 Å². The van der Waals surface area contributed by atoms with E-state index in [2.05, 4.69) is 34.7 Å². The number of nitrogens with two attached hydrogens (primary N) is 1. The minimum absolute atomic E-state index is 0.496. The maximum Gasteiger partial charge on any atom is 0.145 e. The predicted octanol–water partition coefficient (Wildman–Crippen LogP) is 2.78. The first-order valence-electron chi connectivity index (χ1n) is 6.47. The van der Waals surface area contributed by atoms with Crippen molar-refractivity contribution in [3.63, 3.8) is 0 Å². The zero-order valence-corrected chi connectivity index (χ0v) is 12.1. The summed E-state index contributed by atoms with van der Waals surface area (Å²) < 4.78 is 7.67. The maximum atomic E-state index is 5.73. The number of nitrogens with zero attached hydrogens (tertiary/aromatic N) is 2. The van der Waals surface area contributed by atoms with Crippen molar-refractivity contribution in [3.8, 4) is 17.0 Å². The molecule has 2 heterocycles. The van der Waals surface area contributed by atoms with Crippen LogP contribution < -0.4 is 10.5 Å². The third-order valence-electron chi connectivity index (χ3n) is 3.78. The molecule has 0 aliphatic carbocycles. The largest absolute Gasteiger partial charge is 0.495 e. The fraction of sp³-hybridized carbons (Fsp3) is 0.267. The van der Waals surface area contributed by atoms with Crippen molar-refractivity contribution < 1.29 is 4.74 Å². The van der Waals surface area contributed by atoms with Gasteiger partial charge in [0.2, 0.25) is 0 Å². The quantitative estimate of drug-likeness (QED) is 0.752. The van der Waals surface area contributed by atoms with Gasteiger partial charge in [-0.05, 0) is 31.5 Å². The SMILES string of the molecule is COc1cc(C)cc2c(-c3cc(N)n[nH]3)c(C)n(C)c12. The van der Waals surface area contributed by atoms with Crippen LogP contribution in [0, 0.1) is 13.8 Å². The molecule has 3 aromatic rings. The number of nitrogen functional groups attached to an aromatic ring is 1. The van der Waals surface area contributed by atoms with Crippen LogP contribution in [0.25, 0.3) is 22.2 Å². The van der Waals surface area contributed by atoms with E-state index >= 15 is 0 Å². The molecular weight excluding hydrogens is 252 g/mol. The van der Waals surface area contributed by atoms with Gasteiger partial charge in [-0.1, -0.05) is 0 Å². The molecule has 2 aromatic heterocycles. The first kappa shape index (κ1) is 12.6. The number of hydrogen-bond acceptors (Lipinski definition) is 3. The van der Waals surface area contributed by atoms with E-state index < -0.39 is 0 Å². The van der Waals surface area contributed by atoms with Crippen molar-refractivity contribution in [2.24, 2.45) is 7.05 Å². The van der Waals surface area contributed by atoms with Gasteiger partial charge in [-0.2, -0.15) is 5.10 Å². The van der Waals surface area contributed by atoms with E-state index in [4.69, 9.17) is 10.5 Å². The molecule has 20 heavy (non-hydrogen) atoms. The Hall–Kier alpha value is -2.43. The Morgan fingerprint density at radius 1 is 1.25 bits per heavy atom. The standard InChI is InChI=1S/C15H18N4O/c1-8-5-10-14(11-7-13(16)18-17-11)9(2)19(3)15(10)12(6-8)20-4/h5-7H,1-4H3,(H3,16,17,18). The second-order valence-electron chi connectivity index (χ2n) is 5.09. The Morgan fingerprint density at radius 3 is 2.60 bits per heavy atom. The van der Waals surface area contributed by atoms with Gasteiger partial charge in [-0.15, -0.1) is 0 Å². The number of benzene rings is 1. The average molecular weight is 270 g/mol. The number of nitrogens with one attached hydrogen (secondary N) is 1. The van der Waals surface area contributed by atoms with Crippen molar-refractivity contribution in [1.29, 1.82) is 0 Å². The first-order valence-corrected chi connectivity index (χ1v) is 6.47. The molecule has 0 saturated heterocycles. The summed E-state index contributed by atoms with van der Waals surface area (Å²) in [6.07, 6.45) is 0. The molecule has 104 valence electrons. The third kappa shape index (κ3) is 1.66. The summed E-state index contributed by atoms with van der Waals surface area (Å²) in [4.78, 5) is 0. The van der Waals surface area contributed by atoms with Gasteiger partial charge >= 0.3 is 0 Å². The number of aryl methyl sites for hydroxylation is 2. The molecule has 0 atom stereocenters. The highest BCUT2D eigenvalue weighted by Gasteiger charge is 2.18. The lowest BCUT2D eigenvalue weighted by molar-refractivity contribution is 0.417. The van der Waals surface area contributed by atoms with Gasteiger partial charge < -0.3 is 15.0 Å². The molecule has 0 aliphatic heterocycles. The Kier molecular flexibility index (Phi) is 2.71. The van der Waals surface area contributed by atoms with Crippen molar-refractivity contribution in [3.05, 3.63) is 29.5 Å². The summed E-state index contributed by atoms with van der Waals surface area (Å²) >= 11 is 0. The number of fused-ring (bicyclic) bond motifs is 1. The lowest BCUT2D eigenvalue weighted by Gasteiger charge is -2.06. The average Bonchev–Trinajstić information content (AvgIpc) is 2.92. The van der Waals surface area contributed by atoms with Gasteiger partial charge in [0.05, 0.1) is 18.3 Å². The van der Waals surface area contributed by atoms with Crippen LogP contribution in [0.2, 0.25) is 0 Å². The molecule has 0 radical (unpaired) electrons. The van der Waals surface area contributed by atoms with E-state index in [1.807, 2.05) is 19.2 Å². The van der Waals surface area contributed by atoms with Crippen molar-refractivity contribution in [2.75, 3.05) is 12.8 Å². The molecule has 0 spiro atoms. The molecule has 0 fully saturated rings. The van der Waals surface area contributed by atoms with Crippen LogP contribution in [0.1, 0.15) is 11.3 Å². The first-order chi connectivity index (χ1) is 9.52. The molecular formula is C15H18N4O. The Labute approximate surface area is 117 Å². The Balaban J connectivity index is 2.43. The van der Waals surface area contributed by atoms with Crippen LogP contribution in [0.4, 0.5) is 5.82 Å². The number of H-pyrrole nitrogens is 1. The predicted molar refractivity (Wildman–Crippen MR) is 80.9 cm³/mol. The molecule has 0 bridgehead atoms. The number of anilines is 1. The van der Waals surface area contributed by atoms with Gasteiger partial charge in [-0.25, -0.2) is 0 Å². The molecule has 0 unspecified atom stereocenters. The zero-order chi connectivity index (χ0) is 14.4. The molecule has 3 rings (SSSR count). The third-order valence-corrected chi connectivity index (χ3v) is 3.78. The molecule has 0 saturated carbocycles. The van der Waals surface area contributed by atoms with Gasteiger partial charge in [0.25, 0.3) is 0 Å². The molecule has 5 nitrogen and oxygen atoms in total. The highest BCUT2D eigenvalue weighted by atomic mass is 16.5. The lowest BCUT2D eigenvalue weighted by atomic mass is 10.1. The van der Waals surface area contributed by atoms with Gasteiger partial charge in [0.1, 0.15) is 11.6 Å². The van der Waals surface area contributed by atoms with Crippen LogP contribution in [-0.4, -0.2) is 21.9 Å². The van der Waals surface area contributed by atoms with Gasteiger partial charge in [0, 0.05) is 29.8 Å². The molecule has 0 amide bonds. The second-order valence-corrected chi connectivity index (χ2v) is 5.09. The highest BCUT2D eigenvalue weighted by molar-refractivity contribution is 6.00. The number of aromatic amines is 1. The zero-order valence-electron chi connectivity index (χ0n) is 12.1. The molecule has 1 aromatic carbocycles. The number of aromatic nitrogens is 3. The van der Waals surface area contributed by atoms with E-state index in [0.29, 0.717) is 5.82 Å². The van der Waals surface area contributed by atoms with Crippen molar-refractivity contribution in [1.82, 2.24) is 14.8 Å². The highest BCUT2D eigenvalue weighted by Crippen LogP contribution is 2.38. The normalized spacial score (nSPS) is 11.2. The minimum Gasteiger partial charge on any atom is -0.495 e. The Morgan fingerprint density at radius 2 is 2.00 bits per heavy atom. The summed E-state index contributed by atoms with van der Waals surface area (Å²) in [6.45, 7) is 4.15. The smallest absolute Gasteiger partial charge is 0.145 e. The molecule has 3 N–H and O–H groups in total. The monoisotopic (exact) mass is 270 g/mol. The van der Waals surface area contributed by atoms with Gasteiger partial charge in [-0.3, -0.25) is 5.10 Å². The van der Waals surface area contributed by atoms with Crippen LogP contribution in [0.3, 0.4) is 0 Å². The number of methoxy groups -OCH3 is 1. The summed E-state index contributed by atoms with van der Waals surface area (Å²) in [5.41, 5.74) is 11.2. The fourth-order valence-electron chi connectivity index (χ4n) is 2.77. The topological polar surface area (TPSA) is 68.9 Å². The number of rotatable bonds is 2.